The molecule has 0 spiro atoms. The highest BCUT2D eigenvalue weighted by Crippen LogP contribution is 2.35. The van der Waals surface area contributed by atoms with E-state index >= 15 is 0 Å². The van der Waals surface area contributed by atoms with Crippen LogP contribution in [0.25, 0.3) is 0 Å². The molecule has 0 radical (unpaired) electrons. The minimum Gasteiger partial charge on any atom is -0.481 e. The van der Waals surface area contributed by atoms with Crippen molar-refractivity contribution in [3.63, 3.8) is 0 Å². The average molecular weight is 291 g/mol. The molecule has 0 aromatic heterocycles. The van der Waals surface area contributed by atoms with E-state index in [1.165, 1.54) is 5.56 Å². The molecule has 4 heteroatoms. The molecular formula is C17H25NO3. The number of benzene rings is 1. The molecular weight excluding hydrogens is 266 g/mol. The van der Waals surface area contributed by atoms with Gasteiger partial charge in [-0.15, -0.1) is 0 Å². The lowest BCUT2D eigenvalue weighted by Crippen LogP contribution is -2.47. The number of nitrogens with zero attached hydrogens (tertiary/aromatic N) is 1. The van der Waals surface area contributed by atoms with E-state index in [0.717, 1.165) is 44.3 Å². The van der Waals surface area contributed by atoms with Crippen LogP contribution in [0, 0.1) is 5.41 Å². The van der Waals surface area contributed by atoms with E-state index in [1.54, 1.807) is 0 Å². The highest BCUT2D eigenvalue weighted by atomic mass is 16.4. The summed E-state index contributed by atoms with van der Waals surface area (Å²) in [5, 5.41) is 18.7. The third-order valence-corrected chi connectivity index (χ3v) is 4.45. The fourth-order valence-electron chi connectivity index (χ4n) is 3.33. The minimum absolute atomic E-state index is 0.0582. The van der Waals surface area contributed by atoms with Crippen molar-refractivity contribution in [2.24, 2.45) is 5.41 Å². The molecule has 2 rings (SSSR count). The first-order valence-electron chi connectivity index (χ1n) is 7.74. The second-order valence-corrected chi connectivity index (χ2v) is 6.12. The summed E-state index contributed by atoms with van der Waals surface area (Å²) in [5.41, 5.74) is 1.51. The van der Waals surface area contributed by atoms with Gasteiger partial charge in [0.2, 0.25) is 0 Å². The summed E-state index contributed by atoms with van der Waals surface area (Å²) in [5.74, 6) is -0.648. The standard InChI is InChI=1S/C17H25NO3/c1-2-8-17(16(20)21)9-3-10-18(13-17)11-14-4-6-15(12-19)7-5-14/h4-7,19H,2-3,8-13H2,1H3,(H,20,21). The molecule has 21 heavy (non-hydrogen) atoms. The molecule has 1 unspecified atom stereocenters. The third-order valence-electron chi connectivity index (χ3n) is 4.45. The molecule has 2 N–H and O–H groups in total. The topological polar surface area (TPSA) is 60.8 Å². The smallest absolute Gasteiger partial charge is 0.310 e. The van der Waals surface area contributed by atoms with Gasteiger partial charge >= 0.3 is 5.97 Å². The first-order chi connectivity index (χ1) is 10.1. The fraction of sp³-hybridized carbons (Fsp3) is 0.588. The fourth-order valence-corrected chi connectivity index (χ4v) is 3.33. The van der Waals surface area contributed by atoms with Gasteiger partial charge < -0.3 is 10.2 Å². The van der Waals surface area contributed by atoms with Crippen LogP contribution in [0.4, 0.5) is 0 Å². The highest BCUT2D eigenvalue weighted by molar-refractivity contribution is 5.75. The number of aliphatic hydroxyl groups is 1. The zero-order valence-electron chi connectivity index (χ0n) is 12.7. The maximum Gasteiger partial charge on any atom is 0.310 e. The summed E-state index contributed by atoms with van der Waals surface area (Å²) in [6.07, 6.45) is 3.39. The van der Waals surface area contributed by atoms with Gasteiger partial charge in [-0.25, -0.2) is 0 Å². The van der Waals surface area contributed by atoms with Crippen LogP contribution in [-0.4, -0.2) is 34.2 Å². The Hall–Kier alpha value is -1.39. The van der Waals surface area contributed by atoms with Crippen LogP contribution in [0.1, 0.15) is 43.7 Å². The van der Waals surface area contributed by atoms with E-state index in [1.807, 2.05) is 24.3 Å². The van der Waals surface area contributed by atoms with Gasteiger partial charge in [-0.1, -0.05) is 37.6 Å². The predicted molar refractivity (Wildman–Crippen MR) is 81.9 cm³/mol. The van der Waals surface area contributed by atoms with E-state index in [4.69, 9.17) is 5.11 Å². The largest absolute Gasteiger partial charge is 0.481 e. The molecule has 1 saturated heterocycles. The Labute approximate surface area is 126 Å². The highest BCUT2D eigenvalue weighted by Gasteiger charge is 2.41. The van der Waals surface area contributed by atoms with Gasteiger partial charge in [0, 0.05) is 13.1 Å². The molecule has 0 amide bonds. The van der Waals surface area contributed by atoms with Crippen LogP contribution < -0.4 is 0 Å². The van der Waals surface area contributed by atoms with E-state index in [9.17, 15) is 9.90 Å². The Morgan fingerprint density at radius 1 is 1.29 bits per heavy atom. The Kier molecular flexibility index (Phi) is 5.37. The first kappa shape index (κ1) is 16.0. The molecule has 1 atom stereocenters. The van der Waals surface area contributed by atoms with Gasteiger partial charge in [-0.3, -0.25) is 9.69 Å². The lowest BCUT2D eigenvalue weighted by atomic mass is 9.76. The van der Waals surface area contributed by atoms with Gasteiger partial charge in [0.1, 0.15) is 0 Å². The number of piperidine rings is 1. The van der Waals surface area contributed by atoms with E-state index in [0.29, 0.717) is 6.54 Å². The van der Waals surface area contributed by atoms with Crippen molar-refractivity contribution < 1.29 is 15.0 Å². The summed E-state index contributed by atoms with van der Waals surface area (Å²) in [6, 6.07) is 7.89. The Morgan fingerprint density at radius 3 is 2.52 bits per heavy atom. The molecule has 4 nitrogen and oxygen atoms in total. The number of rotatable bonds is 6. The normalized spacial score (nSPS) is 23.1. The van der Waals surface area contributed by atoms with Gasteiger partial charge in [0.25, 0.3) is 0 Å². The Morgan fingerprint density at radius 2 is 1.95 bits per heavy atom. The Balaban J connectivity index is 2.04. The van der Waals surface area contributed by atoms with E-state index < -0.39 is 11.4 Å². The summed E-state index contributed by atoms with van der Waals surface area (Å²) in [4.78, 5) is 13.9. The predicted octanol–water partition coefficient (Wildman–Crippen LogP) is 2.65. The van der Waals surface area contributed by atoms with Crippen LogP contribution in [0.15, 0.2) is 24.3 Å². The van der Waals surface area contributed by atoms with Crippen LogP contribution in [0.3, 0.4) is 0 Å². The van der Waals surface area contributed by atoms with Gasteiger partial charge in [0.15, 0.2) is 0 Å². The van der Waals surface area contributed by atoms with Crippen LogP contribution in [0.2, 0.25) is 0 Å². The van der Waals surface area contributed by atoms with Crippen LogP contribution in [0.5, 0.6) is 0 Å². The maximum absolute atomic E-state index is 11.7. The number of likely N-dealkylation sites (tertiary alicyclic amines) is 1. The third kappa shape index (κ3) is 3.83. The molecule has 116 valence electrons. The summed E-state index contributed by atoms with van der Waals surface area (Å²) in [6.45, 7) is 4.49. The van der Waals surface area contributed by atoms with Crippen LogP contribution in [-0.2, 0) is 17.9 Å². The SMILES string of the molecule is CCCC1(C(=O)O)CCCN(Cc2ccc(CO)cc2)C1. The number of aliphatic hydroxyl groups excluding tert-OH is 1. The first-order valence-corrected chi connectivity index (χ1v) is 7.74. The zero-order chi connectivity index (χ0) is 15.3. The number of carbonyl (C=O) groups is 1. The molecule has 1 aromatic rings. The second-order valence-electron chi connectivity index (χ2n) is 6.12. The summed E-state index contributed by atoms with van der Waals surface area (Å²) >= 11 is 0. The number of aliphatic carboxylic acids is 1. The lowest BCUT2D eigenvalue weighted by Gasteiger charge is -2.40. The minimum atomic E-state index is -0.648. The van der Waals surface area contributed by atoms with Crippen molar-refractivity contribution in [3.8, 4) is 0 Å². The molecule has 0 aliphatic carbocycles. The van der Waals surface area contributed by atoms with E-state index in [2.05, 4.69) is 11.8 Å². The second kappa shape index (κ2) is 7.05. The van der Waals surface area contributed by atoms with Crippen molar-refractivity contribution in [3.05, 3.63) is 35.4 Å². The number of hydrogen-bond acceptors (Lipinski definition) is 3. The number of carboxylic acids is 1. The lowest BCUT2D eigenvalue weighted by molar-refractivity contribution is -0.153. The monoisotopic (exact) mass is 291 g/mol. The van der Waals surface area contributed by atoms with Crippen molar-refractivity contribution in [1.82, 2.24) is 4.90 Å². The zero-order valence-corrected chi connectivity index (χ0v) is 12.7. The molecule has 1 aromatic carbocycles. The summed E-state index contributed by atoms with van der Waals surface area (Å²) < 4.78 is 0. The molecule has 1 aliphatic rings. The van der Waals surface area contributed by atoms with Crippen molar-refractivity contribution in [1.29, 1.82) is 0 Å². The number of hydrogen-bond donors (Lipinski definition) is 2. The maximum atomic E-state index is 11.7. The van der Waals surface area contributed by atoms with Gasteiger partial charge in [-0.2, -0.15) is 0 Å². The van der Waals surface area contributed by atoms with Gasteiger partial charge in [0.05, 0.1) is 12.0 Å². The van der Waals surface area contributed by atoms with Crippen LogP contribution >= 0.6 is 0 Å². The van der Waals surface area contributed by atoms with Crippen molar-refractivity contribution in [2.75, 3.05) is 13.1 Å². The molecule has 0 saturated carbocycles. The molecule has 1 aliphatic heterocycles. The molecule has 1 heterocycles. The molecule has 1 fully saturated rings. The molecule has 0 bridgehead atoms. The average Bonchev–Trinajstić information content (AvgIpc) is 2.48. The quantitative estimate of drug-likeness (QED) is 0.846. The number of carboxylic acid groups (broad SMARTS) is 1. The van der Waals surface area contributed by atoms with Gasteiger partial charge in [-0.05, 0) is 36.9 Å². The van der Waals surface area contributed by atoms with Crippen molar-refractivity contribution >= 4 is 5.97 Å². The summed E-state index contributed by atoms with van der Waals surface area (Å²) in [7, 11) is 0. The Bertz CT molecular complexity index is 467. The van der Waals surface area contributed by atoms with E-state index in [-0.39, 0.29) is 6.61 Å². The van der Waals surface area contributed by atoms with Crippen molar-refractivity contribution in [2.45, 2.75) is 45.8 Å².